The Morgan fingerprint density at radius 3 is 2.76 bits per heavy atom. The molecule has 0 saturated carbocycles. The average molecular weight is 328 g/mol. The molecule has 0 saturated heterocycles. The van der Waals surface area contributed by atoms with Crippen LogP contribution in [0, 0.1) is 0 Å². The third-order valence-corrected chi connectivity index (χ3v) is 4.65. The second kappa shape index (κ2) is 5.66. The highest BCUT2D eigenvalue weighted by Crippen LogP contribution is 2.25. The number of aromatic nitrogens is 4. The fourth-order valence-electron chi connectivity index (χ4n) is 3.45. The summed E-state index contributed by atoms with van der Waals surface area (Å²) in [4.78, 5) is 0. The van der Waals surface area contributed by atoms with Crippen molar-refractivity contribution in [2.24, 2.45) is 5.10 Å². The van der Waals surface area contributed by atoms with E-state index >= 15 is 0 Å². The number of rotatable bonds is 2. The molecule has 2 heterocycles. The maximum atomic E-state index is 4.69. The van der Waals surface area contributed by atoms with Gasteiger partial charge in [-0.15, -0.1) is 15.3 Å². The highest BCUT2D eigenvalue weighted by atomic mass is 15.4. The van der Waals surface area contributed by atoms with Crippen molar-refractivity contribution in [1.82, 2.24) is 19.8 Å². The predicted octanol–water partition coefficient (Wildman–Crippen LogP) is 3.43. The van der Waals surface area contributed by atoms with E-state index in [1.807, 2.05) is 24.3 Å². The van der Waals surface area contributed by atoms with Gasteiger partial charge in [-0.05, 0) is 24.8 Å². The molecule has 0 aliphatic heterocycles. The molecule has 0 amide bonds. The second-order valence-corrected chi connectivity index (χ2v) is 6.17. The van der Waals surface area contributed by atoms with Crippen LogP contribution in [0.5, 0.6) is 0 Å². The molecule has 6 heteroatoms. The van der Waals surface area contributed by atoms with E-state index in [-0.39, 0.29) is 0 Å². The minimum atomic E-state index is 0.707. The maximum absolute atomic E-state index is 4.69. The molecule has 25 heavy (non-hydrogen) atoms. The topological polar surface area (TPSA) is 67.5 Å². The number of anilines is 1. The molecular weight excluding hydrogens is 312 g/mol. The number of hydrogen-bond donors (Lipinski definition) is 1. The van der Waals surface area contributed by atoms with Crippen molar-refractivity contribution in [2.75, 3.05) is 5.43 Å². The molecule has 0 radical (unpaired) electrons. The van der Waals surface area contributed by atoms with Gasteiger partial charge in [-0.3, -0.25) is 5.43 Å². The van der Waals surface area contributed by atoms with E-state index in [1.54, 1.807) is 10.8 Å². The lowest BCUT2D eigenvalue weighted by Crippen LogP contribution is -2.13. The van der Waals surface area contributed by atoms with Gasteiger partial charge in [-0.2, -0.15) is 9.62 Å². The molecule has 0 atom stereocenters. The van der Waals surface area contributed by atoms with E-state index in [0.717, 1.165) is 41.4 Å². The van der Waals surface area contributed by atoms with Crippen LogP contribution in [0.15, 0.2) is 60.0 Å². The van der Waals surface area contributed by atoms with Crippen LogP contribution in [0.25, 0.3) is 16.4 Å². The fourth-order valence-corrected chi connectivity index (χ4v) is 3.45. The molecule has 2 aromatic carbocycles. The molecular formula is C19H16N6. The first-order chi connectivity index (χ1) is 12.4. The zero-order valence-electron chi connectivity index (χ0n) is 13.6. The van der Waals surface area contributed by atoms with Crippen LogP contribution in [0.3, 0.4) is 0 Å². The average Bonchev–Trinajstić information content (AvgIpc) is 3.15. The minimum Gasteiger partial charge on any atom is -0.259 e. The van der Waals surface area contributed by atoms with Gasteiger partial charge in [0.2, 0.25) is 0 Å². The Labute approximate surface area is 144 Å². The van der Waals surface area contributed by atoms with Gasteiger partial charge < -0.3 is 0 Å². The summed E-state index contributed by atoms with van der Waals surface area (Å²) in [6.07, 6.45) is 4.81. The van der Waals surface area contributed by atoms with E-state index in [0.29, 0.717) is 5.82 Å². The Morgan fingerprint density at radius 1 is 0.960 bits per heavy atom. The van der Waals surface area contributed by atoms with Crippen molar-refractivity contribution in [2.45, 2.75) is 19.3 Å². The SMILES string of the molecule is c1ccc2c(c1)CCCC2=NNc1nn2cnnc2c2ccccc12. The van der Waals surface area contributed by atoms with Crippen molar-refractivity contribution < 1.29 is 0 Å². The Hall–Kier alpha value is -3.28. The fraction of sp³-hybridized carbons (Fsp3) is 0.158. The first kappa shape index (κ1) is 14.1. The van der Waals surface area contributed by atoms with E-state index in [2.05, 4.69) is 50.1 Å². The van der Waals surface area contributed by atoms with E-state index in [1.165, 1.54) is 11.1 Å². The molecule has 1 N–H and O–H groups in total. The third kappa shape index (κ3) is 2.34. The molecule has 0 spiro atoms. The van der Waals surface area contributed by atoms with Crippen LogP contribution < -0.4 is 5.43 Å². The normalized spacial score (nSPS) is 15.6. The van der Waals surface area contributed by atoms with Gasteiger partial charge in [0, 0.05) is 16.3 Å². The van der Waals surface area contributed by atoms with Crippen molar-refractivity contribution in [3.8, 4) is 0 Å². The molecule has 4 aromatic rings. The van der Waals surface area contributed by atoms with Crippen molar-refractivity contribution in [1.29, 1.82) is 0 Å². The zero-order valence-corrected chi connectivity index (χ0v) is 13.6. The summed E-state index contributed by atoms with van der Waals surface area (Å²) in [5.74, 6) is 0.707. The van der Waals surface area contributed by atoms with Crippen LogP contribution in [0.4, 0.5) is 5.82 Å². The lowest BCUT2D eigenvalue weighted by atomic mass is 9.90. The Kier molecular flexibility index (Phi) is 3.19. The maximum Gasteiger partial charge on any atom is 0.185 e. The van der Waals surface area contributed by atoms with Crippen LogP contribution in [0.1, 0.15) is 24.0 Å². The van der Waals surface area contributed by atoms with Gasteiger partial charge in [-0.25, -0.2) is 0 Å². The van der Waals surface area contributed by atoms with Gasteiger partial charge in [0.15, 0.2) is 11.5 Å². The summed E-state index contributed by atoms with van der Waals surface area (Å²) in [6.45, 7) is 0. The second-order valence-electron chi connectivity index (χ2n) is 6.17. The summed E-state index contributed by atoms with van der Waals surface area (Å²) < 4.78 is 1.68. The molecule has 122 valence electrons. The number of benzene rings is 2. The summed E-state index contributed by atoms with van der Waals surface area (Å²) in [7, 11) is 0. The summed E-state index contributed by atoms with van der Waals surface area (Å²) >= 11 is 0. The van der Waals surface area contributed by atoms with Gasteiger partial charge in [0.05, 0.1) is 5.71 Å². The van der Waals surface area contributed by atoms with Crippen molar-refractivity contribution in [3.63, 3.8) is 0 Å². The molecule has 6 nitrogen and oxygen atoms in total. The number of fused-ring (bicyclic) bond motifs is 4. The molecule has 1 aliphatic rings. The standard InChI is InChI=1S/C19H16N6/c1-2-8-14-13(6-1)7-5-11-17(14)21-22-18-15-9-3-4-10-16(15)19-23-20-12-25(19)24-18/h1-4,6,8-10,12H,5,7,11H2,(H,22,24). The number of hydrazone groups is 1. The first-order valence-electron chi connectivity index (χ1n) is 8.40. The summed E-state index contributed by atoms with van der Waals surface area (Å²) in [5.41, 5.74) is 7.60. The van der Waals surface area contributed by atoms with Gasteiger partial charge in [0.1, 0.15) is 6.33 Å². The largest absolute Gasteiger partial charge is 0.259 e. The minimum absolute atomic E-state index is 0.707. The highest BCUT2D eigenvalue weighted by molar-refractivity contribution is 6.04. The highest BCUT2D eigenvalue weighted by Gasteiger charge is 2.15. The van der Waals surface area contributed by atoms with E-state index < -0.39 is 0 Å². The van der Waals surface area contributed by atoms with Crippen molar-refractivity contribution in [3.05, 3.63) is 66.0 Å². The van der Waals surface area contributed by atoms with Crippen LogP contribution in [0.2, 0.25) is 0 Å². The smallest absolute Gasteiger partial charge is 0.185 e. The first-order valence-corrected chi connectivity index (χ1v) is 8.40. The summed E-state index contributed by atoms with van der Waals surface area (Å²) in [6, 6.07) is 16.5. The molecule has 1 aliphatic carbocycles. The predicted molar refractivity (Wildman–Crippen MR) is 97.8 cm³/mol. The molecule has 0 bridgehead atoms. The monoisotopic (exact) mass is 328 g/mol. The number of nitrogens with zero attached hydrogens (tertiary/aromatic N) is 5. The Morgan fingerprint density at radius 2 is 1.80 bits per heavy atom. The molecule has 0 fully saturated rings. The molecule has 0 unspecified atom stereocenters. The lowest BCUT2D eigenvalue weighted by molar-refractivity contribution is 0.836. The lowest BCUT2D eigenvalue weighted by Gasteiger charge is -2.17. The number of aryl methyl sites for hydroxylation is 1. The molecule has 2 aromatic heterocycles. The Bertz CT molecular complexity index is 1110. The van der Waals surface area contributed by atoms with Gasteiger partial charge in [-0.1, -0.05) is 48.5 Å². The van der Waals surface area contributed by atoms with E-state index in [4.69, 9.17) is 0 Å². The zero-order chi connectivity index (χ0) is 16.6. The van der Waals surface area contributed by atoms with E-state index in [9.17, 15) is 0 Å². The van der Waals surface area contributed by atoms with Crippen LogP contribution >= 0.6 is 0 Å². The van der Waals surface area contributed by atoms with Gasteiger partial charge >= 0.3 is 0 Å². The number of nitrogens with one attached hydrogen (secondary N) is 1. The quantitative estimate of drug-likeness (QED) is 0.573. The molecule has 5 rings (SSSR count). The Balaban J connectivity index is 1.61. The van der Waals surface area contributed by atoms with Crippen LogP contribution in [-0.2, 0) is 6.42 Å². The van der Waals surface area contributed by atoms with Crippen LogP contribution in [-0.4, -0.2) is 25.5 Å². The van der Waals surface area contributed by atoms with Gasteiger partial charge in [0.25, 0.3) is 0 Å². The van der Waals surface area contributed by atoms with Crippen molar-refractivity contribution >= 4 is 27.9 Å². The number of hydrogen-bond acceptors (Lipinski definition) is 5. The third-order valence-electron chi connectivity index (χ3n) is 4.65. The summed E-state index contributed by atoms with van der Waals surface area (Å²) in [5, 5.41) is 19.4.